The van der Waals surface area contributed by atoms with Gasteiger partial charge in [0.2, 0.25) is 0 Å². The van der Waals surface area contributed by atoms with Crippen molar-refractivity contribution in [3.8, 4) is 11.1 Å². The molecular formula is C26H26F4. The first-order valence-electron chi connectivity index (χ1n) is 10.8. The van der Waals surface area contributed by atoms with Crippen LogP contribution in [-0.4, -0.2) is 0 Å². The van der Waals surface area contributed by atoms with Crippen LogP contribution in [0.5, 0.6) is 0 Å². The van der Waals surface area contributed by atoms with Crippen molar-refractivity contribution in [1.29, 1.82) is 0 Å². The summed E-state index contributed by atoms with van der Waals surface area (Å²) < 4.78 is 55.9. The molecule has 4 heteroatoms. The zero-order valence-electron chi connectivity index (χ0n) is 17.2. The van der Waals surface area contributed by atoms with Crippen molar-refractivity contribution in [2.45, 2.75) is 57.8 Å². The predicted octanol–water partition coefficient (Wildman–Crippen LogP) is 8.53. The molecule has 0 amide bonds. The number of fused-ring (bicyclic) bond motifs is 1. The molecule has 1 aliphatic rings. The van der Waals surface area contributed by atoms with E-state index in [0.29, 0.717) is 17.0 Å². The summed E-state index contributed by atoms with van der Waals surface area (Å²) in [6.45, 7) is 2.22. The van der Waals surface area contributed by atoms with Crippen molar-refractivity contribution >= 4 is 10.8 Å². The van der Waals surface area contributed by atoms with E-state index in [2.05, 4.69) is 6.92 Å². The highest BCUT2D eigenvalue weighted by Crippen LogP contribution is 2.39. The van der Waals surface area contributed by atoms with Gasteiger partial charge in [0.1, 0.15) is 5.82 Å². The molecule has 1 fully saturated rings. The number of halogens is 4. The van der Waals surface area contributed by atoms with Crippen LogP contribution < -0.4 is 0 Å². The Morgan fingerprint density at radius 3 is 2.27 bits per heavy atom. The molecule has 3 aromatic rings. The molecule has 0 spiro atoms. The second-order valence-electron chi connectivity index (χ2n) is 8.52. The summed E-state index contributed by atoms with van der Waals surface area (Å²) in [4.78, 5) is 0. The van der Waals surface area contributed by atoms with Crippen LogP contribution in [0.1, 0.15) is 63.4 Å². The van der Waals surface area contributed by atoms with Gasteiger partial charge in [0.25, 0.3) is 0 Å². The van der Waals surface area contributed by atoms with Crippen molar-refractivity contribution in [1.82, 2.24) is 0 Å². The van der Waals surface area contributed by atoms with E-state index in [4.69, 9.17) is 0 Å². The van der Waals surface area contributed by atoms with Crippen LogP contribution in [0.15, 0.2) is 42.5 Å². The fraction of sp³-hybridized carbons (Fsp3) is 0.385. The average Bonchev–Trinajstić information content (AvgIpc) is 2.76. The van der Waals surface area contributed by atoms with Crippen LogP contribution >= 0.6 is 0 Å². The first-order valence-corrected chi connectivity index (χ1v) is 10.8. The lowest BCUT2D eigenvalue weighted by molar-refractivity contribution is 0.304. The molecule has 0 nitrogen and oxygen atoms in total. The third-order valence-corrected chi connectivity index (χ3v) is 6.56. The molecule has 0 saturated heterocycles. The highest BCUT2D eigenvalue weighted by atomic mass is 19.2. The van der Waals surface area contributed by atoms with Crippen LogP contribution in [-0.2, 0) is 0 Å². The van der Waals surface area contributed by atoms with E-state index in [1.54, 1.807) is 18.2 Å². The van der Waals surface area contributed by atoms with Crippen molar-refractivity contribution < 1.29 is 17.6 Å². The van der Waals surface area contributed by atoms with Gasteiger partial charge < -0.3 is 0 Å². The molecule has 0 N–H and O–H groups in total. The molecule has 158 valence electrons. The van der Waals surface area contributed by atoms with Crippen LogP contribution in [0.4, 0.5) is 17.6 Å². The van der Waals surface area contributed by atoms with E-state index in [1.807, 2.05) is 6.07 Å². The van der Waals surface area contributed by atoms with Gasteiger partial charge in [-0.15, -0.1) is 0 Å². The van der Waals surface area contributed by atoms with Crippen molar-refractivity contribution in [2.75, 3.05) is 0 Å². The minimum atomic E-state index is -1.49. The molecule has 0 atom stereocenters. The minimum absolute atomic E-state index is 0.0190. The Hall–Kier alpha value is -2.36. The molecule has 1 saturated carbocycles. The van der Waals surface area contributed by atoms with Gasteiger partial charge in [0, 0.05) is 10.9 Å². The number of unbranched alkanes of at least 4 members (excludes halogenated alkanes) is 1. The van der Waals surface area contributed by atoms with Gasteiger partial charge in [0.05, 0.1) is 0 Å². The normalized spacial score (nSPS) is 19.4. The molecule has 30 heavy (non-hydrogen) atoms. The summed E-state index contributed by atoms with van der Waals surface area (Å²) in [6, 6.07) is 10.7. The molecule has 0 heterocycles. The Labute approximate surface area is 174 Å². The molecule has 1 aliphatic carbocycles. The molecule has 4 rings (SSSR count). The van der Waals surface area contributed by atoms with Crippen LogP contribution in [0.2, 0.25) is 0 Å². The minimum Gasteiger partial charge on any atom is -0.206 e. The van der Waals surface area contributed by atoms with E-state index < -0.39 is 17.5 Å². The van der Waals surface area contributed by atoms with Gasteiger partial charge in [0.15, 0.2) is 17.5 Å². The zero-order valence-corrected chi connectivity index (χ0v) is 17.2. The molecule has 0 unspecified atom stereocenters. The van der Waals surface area contributed by atoms with E-state index in [1.165, 1.54) is 44.2 Å². The Morgan fingerprint density at radius 1 is 0.800 bits per heavy atom. The first-order chi connectivity index (χ1) is 14.5. The van der Waals surface area contributed by atoms with Gasteiger partial charge in [-0.25, -0.2) is 17.6 Å². The summed E-state index contributed by atoms with van der Waals surface area (Å²) in [5.41, 5.74) is 1.91. The molecule has 3 aromatic carbocycles. The summed E-state index contributed by atoms with van der Waals surface area (Å²) in [6.07, 6.45) is 8.39. The van der Waals surface area contributed by atoms with E-state index in [0.717, 1.165) is 30.4 Å². The van der Waals surface area contributed by atoms with Gasteiger partial charge in [-0.3, -0.25) is 0 Å². The maximum Gasteiger partial charge on any atom is 0.195 e. The van der Waals surface area contributed by atoms with Crippen molar-refractivity contribution in [2.24, 2.45) is 5.92 Å². The Bertz CT molecular complexity index is 1050. The topological polar surface area (TPSA) is 0 Å². The van der Waals surface area contributed by atoms with Gasteiger partial charge >= 0.3 is 0 Å². The van der Waals surface area contributed by atoms with Crippen LogP contribution in [0, 0.1) is 29.2 Å². The van der Waals surface area contributed by atoms with E-state index in [-0.39, 0.29) is 16.6 Å². The number of rotatable bonds is 5. The van der Waals surface area contributed by atoms with Gasteiger partial charge in [-0.2, -0.15) is 0 Å². The second kappa shape index (κ2) is 8.79. The molecular weight excluding hydrogens is 388 g/mol. The lowest BCUT2D eigenvalue weighted by Gasteiger charge is -2.29. The fourth-order valence-corrected chi connectivity index (χ4v) is 4.77. The highest BCUT2D eigenvalue weighted by molar-refractivity contribution is 5.88. The van der Waals surface area contributed by atoms with E-state index in [9.17, 15) is 17.6 Å². The summed E-state index contributed by atoms with van der Waals surface area (Å²) in [5, 5.41) is 0.187. The second-order valence-corrected chi connectivity index (χ2v) is 8.52. The molecule has 0 aromatic heterocycles. The van der Waals surface area contributed by atoms with Crippen LogP contribution in [0.3, 0.4) is 0 Å². The summed E-state index contributed by atoms with van der Waals surface area (Å²) >= 11 is 0. The van der Waals surface area contributed by atoms with Gasteiger partial charge in [-0.1, -0.05) is 50.5 Å². The third kappa shape index (κ3) is 4.10. The average molecular weight is 414 g/mol. The Kier molecular flexibility index (Phi) is 6.12. The summed E-state index contributed by atoms with van der Waals surface area (Å²) in [7, 11) is 0. The molecule has 0 radical (unpaired) electrons. The van der Waals surface area contributed by atoms with E-state index >= 15 is 0 Å². The number of hydrogen-bond acceptors (Lipinski definition) is 0. The SMILES string of the molecule is CCCCC1CCC(c2ccc(-c3ccc4c(F)c(F)c(F)cc4c3)c(F)c2)CC1. The quantitative estimate of drug-likeness (QED) is 0.290. The van der Waals surface area contributed by atoms with Crippen LogP contribution in [0.25, 0.3) is 21.9 Å². The highest BCUT2D eigenvalue weighted by Gasteiger charge is 2.23. The van der Waals surface area contributed by atoms with Crippen molar-refractivity contribution in [3.05, 3.63) is 71.3 Å². The first kappa shape index (κ1) is 20.9. The summed E-state index contributed by atoms with van der Waals surface area (Å²) in [5.74, 6) is -3.12. The lowest BCUT2D eigenvalue weighted by atomic mass is 9.77. The molecule has 0 aliphatic heterocycles. The standard InChI is InChI=1S/C26H26F4/c1-2-3-4-16-5-7-17(8-6-16)18-9-11-21(23(27)14-18)19-10-12-22-20(13-19)15-24(28)26(30)25(22)29/h9-17H,2-8H2,1H3. The smallest absolute Gasteiger partial charge is 0.195 e. The Balaban J connectivity index is 1.56. The largest absolute Gasteiger partial charge is 0.206 e. The number of hydrogen-bond donors (Lipinski definition) is 0. The maximum atomic E-state index is 14.9. The van der Waals surface area contributed by atoms with Gasteiger partial charge in [-0.05, 0) is 72.2 Å². The fourth-order valence-electron chi connectivity index (χ4n) is 4.77. The molecule has 0 bridgehead atoms. The number of benzene rings is 3. The predicted molar refractivity (Wildman–Crippen MR) is 113 cm³/mol. The maximum absolute atomic E-state index is 14.9. The lowest BCUT2D eigenvalue weighted by Crippen LogP contribution is -2.13. The van der Waals surface area contributed by atoms with Crippen molar-refractivity contribution in [3.63, 3.8) is 0 Å². The monoisotopic (exact) mass is 414 g/mol. The Morgan fingerprint density at radius 2 is 1.57 bits per heavy atom. The third-order valence-electron chi connectivity index (χ3n) is 6.56. The zero-order chi connectivity index (χ0) is 21.3.